The SMILES string of the molecule is COC(=O)CC/C(C)=C/Cc1c(O)c(C)c(C)c(C)c1OC. The number of aromatic hydroxyl groups is 1. The van der Waals surface area contributed by atoms with Crippen molar-refractivity contribution in [1.29, 1.82) is 0 Å². The van der Waals surface area contributed by atoms with Crippen LogP contribution < -0.4 is 4.74 Å². The number of hydrogen-bond acceptors (Lipinski definition) is 4. The average Bonchev–Trinajstić information content (AvgIpc) is 2.52. The van der Waals surface area contributed by atoms with Crippen molar-refractivity contribution in [3.05, 3.63) is 33.9 Å². The van der Waals surface area contributed by atoms with E-state index in [1.54, 1.807) is 7.11 Å². The summed E-state index contributed by atoms with van der Waals surface area (Å²) in [5, 5.41) is 10.4. The zero-order chi connectivity index (χ0) is 16.9. The first-order valence-corrected chi connectivity index (χ1v) is 7.41. The molecular weight excluding hydrogens is 280 g/mol. The van der Waals surface area contributed by atoms with Crippen molar-refractivity contribution in [3.63, 3.8) is 0 Å². The number of hydrogen-bond donors (Lipinski definition) is 1. The van der Waals surface area contributed by atoms with E-state index in [1.165, 1.54) is 7.11 Å². The van der Waals surface area contributed by atoms with Crippen LogP contribution >= 0.6 is 0 Å². The Morgan fingerprint density at radius 1 is 1.09 bits per heavy atom. The molecule has 4 heteroatoms. The Kier molecular flexibility index (Phi) is 6.47. The fraction of sp³-hybridized carbons (Fsp3) is 0.500. The molecule has 0 heterocycles. The molecule has 122 valence electrons. The fourth-order valence-electron chi connectivity index (χ4n) is 2.43. The Bertz CT molecular complexity index is 585. The van der Waals surface area contributed by atoms with Gasteiger partial charge in [0, 0.05) is 12.0 Å². The summed E-state index contributed by atoms with van der Waals surface area (Å²) in [5.74, 6) is 0.810. The zero-order valence-electron chi connectivity index (χ0n) is 14.4. The van der Waals surface area contributed by atoms with Gasteiger partial charge in [0.1, 0.15) is 11.5 Å². The molecule has 0 aromatic heterocycles. The van der Waals surface area contributed by atoms with Crippen molar-refractivity contribution in [1.82, 2.24) is 0 Å². The monoisotopic (exact) mass is 306 g/mol. The van der Waals surface area contributed by atoms with Crippen LogP contribution in [0.1, 0.15) is 42.0 Å². The third-order valence-corrected chi connectivity index (χ3v) is 4.19. The maximum absolute atomic E-state index is 11.2. The van der Waals surface area contributed by atoms with E-state index in [0.29, 0.717) is 19.3 Å². The van der Waals surface area contributed by atoms with Crippen LogP contribution in [0.15, 0.2) is 11.6 Å². The second-order valence-corrected chi connectivity index (χ2v) is 5.57. The molecule has 0 radical (unpaired) electrons. The predicted molar refractivity (Wildman–Crippen MR) is 87.6 cm³/mol. The minimum atomic E-state index is -0.213. The van der Waals surface area contributed by atoms with Gasteiger partial charge in [-0.3, -0.25) is 4.79 Å². The van der Waals surface area contributed by atoms with Gasteiger partial charge in [-0.2, -0.15) is 0 Å². The molecule has 0 unspecified atom stereocenters. The van der Waals surface area contributed by atoms with Crippen molar-refractivity contribution in [3.8, 4) is 11.5 Å². The van der Waals surface area contributed by atoms with Crippen molar-refractivity contribution in [2.45, 2.75) is 47.0 Å². The number of phenols is 1. The quantitative estimate of drug-likeness (QED) is 0.642. The normalized spacial score (nSPS) is 11.5. The molecule has 0 fully saturated rings. The summed E-state index contributed by atoms with van der Waals surface area (Å²) in [6, 6.07) is 0. The van der Waals surface area contributed by atoms with Gasteiger partial charge in [-0.25, -0.2) is 0 Å². The molecule has 22 heavy (non-hydrogen) atoms. The molecule has 0 atom stereocenters. The minimum absolute atomic E-state index is 0.213. The average molecular weight is 306 g/mol. The number of esters is 1. The summed E-state index contributed by atoms with van der Waals surface area (Å²) in [4.78, 5) is 11.2. The molecule has 0 aliphatic carbocycles. The van der Waals surface area contributed by atoms with Crippen molar-refractivity contribution >= 4 is 5.97 Å². The van der Waals surface area contributed by atoms with Gasteiger partial charge in [0.25, 0.3) is 0 Å². The number of phenolic OH excluding ortho intramolecular Hbond substituents is 1. The van der Waals surface area contributed by atoms with Gasteiger partial charge in [-0.1, -0.05) is 11.6 Å². The lowest BCUT2D eigenvalue weighted by Crippen LogP contribution is -2.01. The van der Waals surface area contributed by atoms with E-state index in [9.17, 15) is 9.90 Å². The summed E-state index contributed by atoms with van der Waals surface area (Å²) in [6.07, 6.45) is 3.62. The molecule has 1 rings (SSSR count). The highest BCUT2D eigenvalue weighted by Crippen LogP contribution is 2.38. The molecule has 0 aliphatic heterocycles. The fourth-order valence-corrected chi connectivity index (χ4v) is 2.43. The van der Waals surface area contributed by atoms with E-state index in [2.05, 4.69) is 4.74 Å². The van der Waals surface area contributed by atoms with Gasteiger partial charge in [0.15, 0.2) is 0 Å². The van der Waals surface area contributed by atoms with Crippen molar-refractivity contribution < 1.29 is 19.4 Å². The molecule has 0 saturated heterocycles. The topological polar surface area (TPSA) is 55.8 Å². The standard InChI is InChI=1S/C18H26O4/c1-11(8-10-16(19)21-5)7-9-15-17(20)13(3)12(2)14(4)18(15)22-6/h7,20H,8-10H2,1-6H3/b11-7+. The molecule has 1 aromatic rings. The first-order valence-electron chi connectivity index (χ1n) is 7.41. The smallest absolute Gasteiger partial charge is 0.305 e. The largest absolute Gasteiger partial charge is 0.507 e. The second kappa shape index (κ2) is 7.87. The summed E-state index contributed by atoms with van der Waals surface area (Å²) < 4.78 is 10.1. The van der Waals surface area contributed by atoms with E-state index in [-0.39, 0.29) is 11.7 Å². The van der Waals surface area contributed by atoms with E-state index in [0.717, 1.165) is 33.6 Å². The molecule has 1 aromatic carbocycles. The van der Waals surface area contributed by atoms with Gasteiger partial charge in [0.05, 0.1) is 14.2 Å². The highest BCUT2D eigenvalue weighted by molar-refractivity contribution is 5.69. The minimum Gasteiger partial charge on any atom is -0.507 e. The van der Waals surface area contributed by atoms with Crippen LogP contribution in [0.25, 0.3) is 0 Å². The molecule has 0 saturated carbocycles. The maximum Gasteiger partial charge on any atom is 0.305 e. The molecule has 4 nitrogen and oxygen atoms in total. The van der Waals surface area contributed by atoms with Crippen LogP contribution in [0.5, 0.6) is 11.5 Å². The Balaban J connectivity index is 3.00. The first kappa shape index (κ1) is 18.1. The Hall–Kier alpha value is -1.97. The van der Waals surface area contributed by atoms with E-state index < -0.39 is 0 Å². The first-order chi connectivity index (χ1) is 10.3. The van der Waals surface area contributed by atoms with Crippen molar-refractivity contribution in [2.24, 2.45) is 0 Å². The van der Waals surface area contributed by atoms with Gasteiger partial charge in [-0.15, -0.1) is 0 Å². The highest BCUT2D eigenvalue weighted by atomic mass is 16.5. The van der Waals surface area contributed by atoms with Gasteiger partial charge in [-0.05, 0) is 57.2 Å². The second-order valence-electron chi connectivity index (χ2n) is 5.57. The van der Waals surface area contributed by atoms with Crippen LogP contribution in [-0.4, -0.2) is 25.3 Å². The number of carbonyl (C=O) groups excluding carboxylic acids is 1. The molecule has 0 bridgehead atoms. The highest BCUT2D eigenvalue weighted by Gasteiger charge is 2.17. The number of benzene rings is 1. The van der Waals surface area contributed by atoms with Crippen LogP contribution in [-0.2, 0) is 16.0 Å². The third-order valence-electron chi connectivity index (χ3n) is 4.19. The van der Waals surface area contributed by atoms with Crippen LogP contribution in [0.3, 0.4) is 0 Å². The molecule has 1 N–H and O–H groups in total. The van der Waals surface area contributed by atoms with Gasteiger partial charge < -0.3 is 14.6 Å². The van der Waals surface area contributed by atoms with E-state index in [4.69, 9.17) is 4.74 Å². The lowest BCUT2D eigenvalue weighted by molar-refractivity contribution is -0.140. The van der Waals surface area contributed by atoms with E-state index >= 15 is 0 Å². The predicted octanol–water partition coefficient (Wildman–Crippen LogP) is 3.77. The van der Waals surface area contributed by atoms with Crippen LogP contribution in [0.4, 0.5) is 0 Å². The lowest BCUT2D eigenvalue weighted by Gasteiger charge is -2.17. The van der Waals surface area contributed by atoms with Crippen LogP contribution in [0, 0.1) is 20.8 Å². The number of methoxy groups -OCH3 is 2. The molecule has 0 amide bonds. The van der Waals surface area contributed by atoms with Crippen molar-refractivity contribution in [2.75, 3.05) is 14.2 Å². The lowest BCUT2D eigenvalue weighted by atomic mass is 9.95. The van der Waals surface area contributed by atoms with Gasteiger partial charge in [0.2, 0.25) is 0 Å². The summed E-state index contributed by atoms with van der Waals surface area (Å²) in [5.41, 5.74) is 4.86. The van der Waals surface area contributed by atoms with Crippen LogP contribution in [0.2, 0.25) is 0 Å². The Morgan fingerprint density at radius 2 is 1.73 bits per heavy atom. The number of carbonyl (C=O) groups is 1. The Morgan fingerprint density at radius 3 is 2.27 bits per heavy atom. The molecule has 0 spiro atoms. The molecular formula is C18H26O4. The molecule has 0 aliphatic rings. The van der Waals surface area contributed by atoms with Gasteiger partial charge >= 0.3 is 5.97 Å². The number of ether oxygens (including phenoxy) is 2. The summed E-state index contributed by atoms with van der Waals surface area (Å²) in [6.45, 7) is 7.86. The maximum atomic E-state index is 11.2. The summed E-state index contributed by atoms with van der Waals surface area (Å²) >= 11 is 0. The number of allylic oxidation sites excluding steroid dienone is 2. The summed E-state index contributed by atoms with van der Waals surface area (Å²) in [7, 11) is 3.01. The number of rotatable bonds is 6. The van der Waals surface area contributed by atoms with E-state index in [1.807, 2.05) is 33.8 Å². The Labute approximate surface area is 132 Å². The zero-order valence-corrected chi connectivity index (χ0v) is 14.4. The third kappa shape index (κ3) is 4.03.